The smallest absolute Gasteiger partial charge is 0.407 e. The van der Waals surface area contributed by atoms with Gasteiger partial charge in [0.1, 0.15) is 5.60 Å². The molecule has 0 radical (unpaired) electrons. The Kier molecular flexibility index (Phi) is 8.04. The zero-order valence-corrected chi connectivity index (χ0v) is 16.3. The monoisotopic (exact) mass is 354 g/mol. The van der Waals surface area contributed by atoms with Crippen LogP contribution in [-0.4, -0.2) is 37.3 Å². The van der Waals surface area contributed by atoms with Crippen molar-refractivity contribution in [1.29, 1.82) is 0 Å². The highest BCUT2D eigenvalue weighted by molar-refractivity contribution is 7.09. The maximum absolute atomic E-state index is 12.0. The highest BCUT2D eigenvalue weighted by Crippen LogP contribution is 2.09. The number of aliphatic imine (C=N–C) groups is 1. The Balaban J connectivity index is 2.47. The molecule has 0 aromatic carbocycles. The summed E-state index contributed by atoms with van der Waals surface area (Å²) in [6.07, 6.45) is -0.399. The molecule has 0 saturated carbocycles. The number of hydrogen-bond donors (Lipinski definition) is 3. The van der Waals surface area contributed by atoms with Gasteiger partial charge in [0.2, 0.25) is 0 Å². The number of thiophene rings is 1. The molecule has 0 aliphatic rings. The Morgan fingerprint density at radius 1 is 1.33 bits per heavy atom. The third kappa shape index (κ3) is 8.19. The number of amides is 1. The molecule has 0 aliphatic heterocycles. The summed E-state index contributed by atoms with van der Waals surface area (Å²) in [7, 11) is 1.73. The minimum absolute atomic E-state index is 0.0554. The van der Waals surface area contributed by atoms with Gasteiger partial charge in [0.25, 0.3) is 0 Å². The van der Waals surface area contributed by atoms with Gasteiger partial charge in [-0.2, -0.15) is 0 Å². The van der Waals surface area contributed by atoms with E-state index in [1.54, 1.807) is 18.4 Å². The van der Waals surface area contributed by atoms with Crippen molar-refractivity contribution in [2.24, 2.45) is 10.9 Å². The van der Waals surface area contributed by atoms with Crippen LogP contribution in [0.4, 0.5) is 4.79 Å². The van der Waals surface area contributed by atoms with Crippen LogP contribution in [0.5, 0.6) is 0 Å². The summed E-state index contributed by atoms with van der Waals surface area (Å²) in [5.41, 5.74) is -0.503. The molecule has 24 heavy (non-hydrogen) atoms. The van der Waals surface area contributed by atoms with E-state index in [0.29, 0.717) is 12.5 Å². The molecule has 1 rings (SSSR count). The van der Waals surface area contributed by atoms with Gasteiger partial charge in [-0.1, -0.05) is 19.9 Å². The van der Waals surface area contributed by atoms with Crippen LogP contribution >= 0.6 is 11.3 Å². The summed E-state index contributed by atoms with van der Waals surface area (Å²) in [6.45, 7) is 11.0. The summed E-state index contributed by atoms with van der Waals surface area (Å²) in [4.78, 5) is 17.4. The van der Waals surface area contributed by atoms with Crippen molar-refractivity contribution in [1.82, 2.24) is 16.0 Å². The average molecular weight is 355 g/mol. The zero-order valence-electron chi connectivity index (χ0n) is 15.5. The van der Waals surface area contributed by atoms with Gasteiger partial charge >= 0.3 is 6.09 Å². The van der Waals surface area contributed by atoms with Crippen LogP contribution in [0.25, 0.3) is 0 Å². The van der Waals surface area contributed by atoms with Gasteiger partial charge in [0.05, 0.1) is 12.6 Å². The number of carbonyl (C=O) groups excluding carboxylic acids is 1. The molecule has 3 N–H and O–H groups in total. The third-order valence-corrected chi connectivity index (χ3v) is 4.11. The van der Waals surface area contributed by atoms with Crippen molar-refractivity contribution in [3.63, 3.8) is 0 Å². The Bertz CT molecular complexity index is 521. The number of nitrogens with zero attached hydrogens (tertiary/aromatic N) is 1. The number of rotatable bonds is 6. The van der Waals surface area contributed by atoms with Gasteiger partial charge < -0.3 is 20.7 Å². The molecule has 136 valence electrons. The Labute approximate surface area is 149 Å². The van der Waals surface area contributed by atoms with Crippen molar-refractivity contribution >= 4 is 23.4 Å². The van der Waals surface area contributed by atoms with Crippen molar-refractivity contribution < 1.29 is 9.53 Å². The molecule has 7 heteroatoms. The van der Waals surface area contributed by atoms with E-state index >= 15 is 0 Å². The van der Waals surface area contributed by atoms with Gasteiger partial charge in [0, 0.05) is 18.5 Å². The number of guanidine groups is 1. The summed E-state index contributed by atoms with van der Waals surface area (Å²) in [6, 6.07) is 4.05. The fourth-order valence-corrected chi connectivity index (χ4v) is 2.57. The molecule has 0 saturated heterocycles. The molecule has 1 heterocycles. The molecule has 1 aromatic heterocycles. The molecular formula is C17H30N4O2S. The minimum Gasteiger partial charge on any atom is -0.444 e. The molecule has 1 atom stereocenters. The quantitative estimate of drug-likeness (QED) is 0.542. The van der Waals surface area contributed by atoms with Gasteiger partial charge in [-0.15, -0.1) is 11.3 Å². The Morgan fingerprint density at radius 2 is 2.04 bits per heavy atom. The molecule has 0 spiro atoms. The SMILES string of the molecule is CN=C(NCc1cccs1)NCC(NC(=O)OC(C)(C)C)C(C)C. The van der Waals surface area contributed by atoms with E-state index in [4.69, 9.17) is 4.74 Å². The Hall–Kier alpha value is -1.76. The summed E-state index contributed by atoms with van der Waals surface area (Å²) in [5.74, 6) is 0.973. The average Bonchev–Trinajstić information content (AvgIpc) is 2.97. The standard InChI is InChI=1S/C17H30N4O2S/c1-12(2)14(21-16(22)23-17(3,4)5)11-20-15(18-6)19-10-13-8-7-9-24-13/h7-9,12,14H,10-11H2,1-6H3,(H,21,22)(H2,18,19,20). The number of hydrogen-bond acceptors (Lipinski definition) is 4. The lowest BCUT2D eigenvalue weighted by Gasteiger charge is -2.26. The molecule has 0 bridgehead atoms. The first-order valence-corrected chi connectivity index (χ1v) is 9.05. The topological polar surface area (TPSA) is 74.8 Å². The minimum atomic E-state index is -0.503. The van der Waals surface area contributed by atoms with Crippen LogP contribution in [-0.2, 0) is 11.3 Å². The van der Waals surface area contributed by atoms with Gasteiger partial charge in [-0.25, -0.2) is 4.79 Å². The molecule has 1 amide bonds. The van der Waals surface area contributed by atoms with Crippen molar-refractivity contribution in [2.75, 3.05) is 13.6 Å². The summed E-state index contributed by atoms with van der Waals surface area (Å²) < 4.78 is 5.33. The predicted molar refractivity (Wildman–Crippen MR) is 101 cm³/mol. The maximum atomic E-state index is 12.0. The van der Waals surface area contributed by atoms with E-state index in [9.17, 15) is 4.79 Å². The van der Waals surface area contributed by atoms with Crippen LogP contribution in [0.1, 0.15) is 39.5 Å². The predicted octanol–water partition coefficient (Wildman–Crippen LogP) is 2.96. The second-order valence-corrected chi connectivity index (χ2v) is 7.92. The normalized spacial score (nSPS) is 13.5. The highest BCUT2D eigenvalue weighted by atomic mass is 32.1. The van der Waals surface area contributed by atoms with Crippen molar-refractivity contribution in [3.8, 4) is 0 Å². The molecule has 0 fully saturated rings. The number of ether oxygens (including phenoxy) is 1. The lowest BCUT2D eigenvalue weighted by molar-refractivity contribution is 0.0491. The van der Waals surface area contributed by atoms with Gasteiger partial charge in [-0.3, -0.25) is 4.99 Å². The van der Waals surface area contributed by atoms with Crippen LogP contribution in [0.3, 0.4) is 0 Å². The van der Waals surface area contributed by atoms with Gasteiger partial charge in [-0.05, 0) is 38.1 Å². The maximum Gasteiger partial charge on any atom is 0.407 e. The first-order valence-electron chi connectivity index (χ1n) is 8.17. The fraction of sp³-hybridized carbons (Fsp3) is 0.647. The second-order valence-electron chi connectivity index (χ2n) is 6.88. The van der Waals surface area contributed by atoms with E-state index in [1.807, 2.05) is 32.2 Å². The molecule has 1 unspecified atom stereocenters. The number of alkyl carbamates (subject to hydrolysis) is 1. The van der Waals surface area contributed by atoms with Crippen LogP contribution in [0.2, 0.25) is 0 Å². The molecule has 1 aromatic rings. The number of carbonyl (C=O) groups is 1. The highest BCUT2D eigenvalue weighted by Gasteiger charge is 2.21. The van der Waals surface area contributed by atoms with Crippen molar-refractivity contribution in [3.05, 3.63) is 22.4 Å². The van der Waals surface area contributed by atoms with Crippen LogP contribution in [0, 0.1) is 5.92 Å². The van der Waals surface area contributed by atoms with Gasteiger partial charge in [0.15, 0.2) is 5.96 Å². The fourth-order valence-electron chi connectivity index (χ4n) is 1.92. The largest absolute Gasteiger partial charge is 0.444 e. The first-order chi connectivity index (χ1) is 11.2. The Morgan fingerprint density at radius 3 is 2.54 bits per heavy atom. The van der Waals surface area contributed by atoms with E-state index in [2.05, 4.69) is 40.9 Å². The van der Waals surface area contributed by atoms with Crippen molar-refractivity contribution in [2.45, 2.75) is 52.8 Å². The lowest BCUT2D eigenvalue weighted by Crippen LogP contribution is -2.50. The van der Waals surface area contributed by atoms with E-state index < -0.39 is 11.7 Å². The number of nitrogens with one attached hydrogen (secondary N) is 3. The summed E-state index contributed by atoms with van der Waals surface area (Å²) >= 11 is 1.70. The third-order valence-electron chi connectivity index (χ3n) is 3.23. The van der Waals surface area contributed by atoms with E-state index in [-0.39, 0.29) is 12.0 Å². The lowest BCUT2D eigenvalue weighted by atomic mass is 10.0. The van der Waals surface area contributed by atoms with E-state index in [0.717, 1.165) is 6.54 Å². The molecule has 6 nitrogen and oxygen atoms in total. The van der Waals surface area contributed by atoms with Crippen LogP contribution < -0.4 is 16.0 Å². The summed E-state index contributed by atoms with van der Waals surface area (Å²) in [5, 5.41) is 11.5. The first kappa shape index (κ1) is 20.3. The zero-order chi connectivity index (χ0) is 18.2. The molecule has 0 aliphatic carbocycles. The van der Waals surface area contributed by atoms with E-state index in [1.165, 1.54) is 4.88 Å². The molecular weight excluding hydrogens is 324 g/mol. The second kappa shape index (κ2) is 9.52. The van der Waals surface area contributed by atoms with Crippen LogP contribution in [0.15, 0.2) is 22.5 Å².